The first kappa shape index (κ1) is 11.6. The molecule has 2 N–H and O–H groups in total. The van der Waals surface area contributed by atoms with Gasteiger partial charge in [-0.3, -0.25) is 4.79 Å². The molecule has 0 aliphatic heterocycles. The summed E-state index contributed by atoms with van der Waals surface area (Å²) in [6.45, 7) is 1.52. The van der Waals surface area contributed by atoms with Crippen LogP contribution < -0.4 is 0 Å². The average Bonchev–Trinajstić information content (AvgIpc) is 2.18. The van der Waals surface area contributed by atoms with Gasteiger partial charge < -0.3 is 10.2 Å². The van der Waals surface area contributed by atoms with Gasteiger partial charge in [-0.1, -0.05) is 12.1 Å². The van der Waals surface area contributed by atoms with E-state index in [1.54, 1.807) is 18.2 Å². The van der Waals surface area contributed by atoms with Crippen molar-refractivity contribution in [1.29, 1.82) is 0 Å². The van der Waals surface area contributed by atoms with E-state index in [-0.39, 0.29) is 5.56 Å². The zero-order valence-electron chi connectivity index (χ0n) is 8.01. The van der Waals surface area contributed by atoms with Gasteiger partial charge in [-0.15, -0.1) is 11.8 Å². The summed E-state index contributed by atoms with van der Waals surface area (Å²) >= 11 is 1.03. The van der Waals surface area contributed by atoms with E-state index in [0.717, 1.165) is 11.8 Å². The van der Waals surface area contributed by atoms with Crippen molar-refractivity contribution in [2.24, 2.45) is 0 Å². The quantitative estimate of drug-likeness (QED) is 0.767. The fourth-order valence-corrected chi connectivity index (χ4v) is 1.91. The Morgan fingerprint density at radius 1 is 1.27 bits per heavy atom. The molecule has 1 aromatic rings. The molecule has 0 heterocycles. The van der Waals surface area contributed by atoms with Gasteiger partial charge in [0.15, 0.2) is 0 Å². The van der Waals surface area contributed by atoms with E-state index in [2.05, 4.69) is 0 Å². The SMILES string of the molecule is CC(Sc1ccccc1C(=O)O)C(=O)O. The minimum Gasteiger partial charge on any atom is -0.480 e. The Labute approximate surface area is 90.9 Å². The Bertz CT molecular complexity index is 389. The Morgan fingerprint density at radius 2 is 1.87 bits per heavy atom. The highest BCUT2D eigenvalue weighted by molar-refractivity contribution is 8.00. The number of hydrogen-bond acceptors (Lipinski definition) is 3. The smallest absolute Gasteiger partial charge is 0.336 e. The van der Waals surface area contributed by atoms with Crippen LogP contribution in [-0.4, -0.2) is 27.4 Å². The molecule has 0 bridgehead atoms. The van der Waals surface area contributed by atoms with Gasteiger partial charge in [0.2, 0.25) is 0 Å². The highest BCUT2D eigenvalue weighted by Gasteiger charge is 2.16. The molecule has 0 aliphatic carbocycles. The number of aromatic carboxylic acids is 1. The number of thioether (sulfide) groups is 1. The van der Waals surface area contributed by atoms with Gasteiger partial charge in [0.05, 0.1) is 5.56 Å². The van der Waals surface area contributed by atoms with Crippen LogP contribution >= 0.6 is 11.8 Å². The lowest BCUT2D eigenvalue weighted by Gasteiger charge is -2.08. The number of rotatable bonds is 4. The van der Waals surface area contributed by atoms with Crippen LogP contribution in [0.3, 0.4) is 0 Å². The number of carbonyl (C=O) groups is 2. The van der Waals surface area contributed by atoms with Crippen LogP contribution in [-0.2, 0) is 4.79 Å². The molecule has 0 spiro atoms. The maximum absolute atomic E-state index is 10.8. The van der Waals surface area contributed by atoms with Crippen LogP contribution in [0.2, 0.25) is 0 Å². The third kappa shape index (κ3) is 2.99. The van der Waals surface area contributed by atoms with Crippen molar-refractivity contribution in [2.45, 2.75) is 17.1 Å². The van der Waals surface area contributed by atoms with E-state index in [0.29, 0.717) is 4.90 Å². The lowest BCUT2D eigenvalue weighted by Crippen LogP contribution is -2.12. The van der Waals surface area contributed by atoms with Gasteiger partial charge in [0.25, 0.3) is 0 Å². The highest BCUT2D eigenvalue weighted by atomic mass is 32.2. The fourth-order valence-electron chi connectivity index (χ4n) is 0.987. The summed E-state index contributed by atoms with van der Waals surface area (Å²) < 4.78 is 0. The Morgan fingerprint density at radius 3 is 2.40 bits per heavy atom. The maximum Gasteiger partial charge on any atom is 0.336 e. The van der Waals surface area contributed by atoms with Crippen molar-refractivity contribution < 1.29 is 19.8 Å². The second kappa shape index (κ2) is 4.84. The predicted octanol–water partition coefficient (Wildman–Crippen LogP) is 1.95. The third-order valence-corrected chi connectivity index (χ3v) is 2.93. The Kier molecular flexibility index (Phi) is 3.74. The van der Waals surface area contributed by atoms with Crippen molar-refractivity contribution in [2.75, 3.05) is 0 Å². The molecule has 5 heteroatoms. The summed E-state index contributed by atoms with van der Waals surface area (Å²) in [5, 5.41) is 16.9. The second-order valence-electron chi connectivity index (χ2n) is 2.90. The third-order valence-electron chi connectivity index (χ3n) is 1.77. The number of carboxylic acids is 2. The fraction of sp³-hybridized carbons (Fsp3) is 0.200. The molecule has 0 saturated carbocycles. The Hall–Kier alpha value is -1.49. The van der Waals surface area contributed by atoms with Crippen molar-refractivity contribution >= 4 is 23.7 Å². The highest BCUT2D eigenvalue weighted by Crippen LogP contribution is 2.26. The van der Waals surface area contributed by atoms with Gasteiger partial charge >= 0.3 is 11.9 Å². The molecule has 4 nitrogen and oxygen atoms in total. The van der Waals surface area contributed by atoms with Crippen LogP contribution in [0, 0.1) is 0 Å². The standard InChI is InChI=1S/C10H10O4S/c1-6(9(11)12)15-8-5-3-2-4-7(8)10(13)14/h2-6H,1H3,(H,11,12)(H,13,14). The minimum absolute atomic E-state index is 0.135. The summed E-state index contributed by atoms with van der Waals surface area (Å²) in [7, 11) is 0. The summed E-state index contributed by atoms with van der Waals surface area (Å²) in [5.74, 6) is -2.00. The van der Waals surface area contributed by atoms with Crippen molar-refractivity contribution in [3.63, 3.8) is 0 Å². The van der Waals surface area contributed by atoms with E-state index >= 15 is 0 Å². The van der Waals surface area contributed by atoms with Crippen molar-refractivity contribution in [1.82, 2.24) is 0 Å². The summed E-state index contributed by atoms with van der Waals surface area (Å²) in [4.78, 5) is 21.9. The molecule has 0 aromatic heterocycles. The molecule has 0 saturated heterocycles. The molecule has 1 aromatic carbocycles. The topological polar surface area (TPSA) is 74.6 Å². The molecular weight excluding hydrogens is 216 g/mol. The first-order chi connectivity index (χ1) is 7.02. The van der Waals surface area contributed by atoms with Gasteiger partial charge in [-0.2, -0.15) is 0 Å². The van der Waals surface area contributed by atoms with E-state index in [9.17, 15) is 9.59 Å². The number of hydrogen-bond donors (Lipinski definition) is 2. The van der Waals surface area contributed by atoms with E-state index < -0.39 is 17.2 Å². The normalized spacial score (nSPS) is 12.1. The van der Waals surface area contributed by atoms with Gasteiger partial charge in [0.1, 0.15) is 5.25 Å². The molecule has 80 valence electrons. The lowest BCUT2D eigenvalue weighted by molar-refractivity contribution is -0.136. The number of aliphatic carboxylic acids is 1. The molecule has 1 rings (SSSR count). The predicted molar refractivity (Wildman–Crippen MR) is 56.4 cm³/mol. The zero-order valence-corrected chi connectivity index (χ0v) is 8.82. The first-order valence-electron chi connectivity index (χ1n) is 4.24. The van der Waals surface area contributed by atoms with Crippen LogP contribution in [0.5, 0.6) is 0 Å². The monoisotopic (exact) mass is 226 g/mol. The van der Waals surface area contributed by atoms with Gasteiger partial charge in [-0.05, 0) is 19.1 Å². The number of carboxylic acid groups (broad SMARTS) is 2. The largest absolute Gasteiger partial charge is 0.480 e. The van der Waals surface area contributed by atoms with Crippen LogP contribution in [0.4, 0.5) is 0 Å². The van der Waals surface area contributed by atoms with Crippen molar-refractivity contribution in [3.05, 3.63) is 29.8 Å². The van der Waals surface area contributed by atoms with Gasteiger partial charge in [-0.25, -0.2) is 4.79 Å². The molecular formula is C10H10O4S. The summed E-state index contributed by atoms with van der Waals surface area (Å²) in [6, 6.07) is 6.36. The second-order valence-corrected chi connectivity index (χ2v) is 4.28. The molecule has 0 amide bonds. The molecule has 0 radical (unpaired) electrons. The molecule has 0 fully saturated rings. The minimum atomic E-state index is -1.05. The van der Waals surface area contributed by atoms with E-state index in [1.165, 1.54) is 13.0 Å². The Balaban J connectivity index is 2.94. The first-order valence-corrected chi connectivity index (χ1v) is 5.12. The summed E-state index contributed by atoms with van der Waals surface area (Å²) in [5.41, 5.74) is 0.135. The van der Waals surface area contributed by atoms with Crippen LogP contribution in [0.15, 0.2) is 29.2 Å². The van der Waals surface area contributed by atoms with Crippen LogP contribution in [0.25, 0.3) is 0 Å². The maximum atomic E-state index is 10.8. The molecule has 1 atom stereocenters. The summed E-state index contributed by atoms with van der Waals surface area (Å²) in [6.07, 6.45) is 0. The number of benzene rings is 1. The molecule has 0 aliphatic rings. The van der Waals surface area contributed by atoms with Gasteiger partial charge in [0, 0.05) is 4.90 Å². The van der Waals surface area contributed by atoms with Crippen LogP contribution in [0.1, 0.15) is 17.3 Å². The lowest BCUT2D eigenvalue weighted by atomic mass is 10.2. The molecule has 1 unspecified atom stereocenters. The molecule has 15 heavy (non-hydrogen) atoms. The van der Waals surface area contributed by atoms with E-state index in [1.807, 2.05) is 0 Å². The average molecular weight is 226 g/mol. The van der Waals surface area contributed by atoms with E-state index in [4.69, 9.17) is 10.2 Å². The van der Waals surface area contributed by atoms with Crippen molar-refractivity contribution in [3.8, 4) is 0 Å². The zero-order chi connectivity index (χ0) is 11.4.